The molecule has 1 amide bonds. The molecule has 0 aliphatic rings. The zero-order chi connectivity index (χ0) is 14.5. The van der Waals surface area contributed by atoms with Gasteiger partial charge in [0.05, 0.1) is 0 Å². The number of carbonyl (C=O) groups excluding carboxylic acids is 1. The van der Waals surface area contributed by atoms with Crippen LogP contribution < -0.4 is 5.32 Å². The molecule has 0 saturated carbocycles. The number of carbonyl (C=O) groups is 2. The summed E-state index contributed by atoms with van der Waals surface area (Å²) in [4.78, 5) is 26.4. The molecule has 0 radical (unpaired) electrons. The van der Waals surface area contributed by atoms with Crippen molar-refractivity contribution in [2.24, 2.45) is 0 Å². The van der Waals surface area contributed by atoms with Crippen molar-refractivity contribution in [2.45, 2.75) is 6.54 Å². The van der Waals surface area contributed by atoms with Gasteiger partial charge in [-0.15, -0.1) is 0 Å². The molecule has 0 unspecified atom stereocenters. The summed E-state index contributed by atoms with van der Waals surface area (Å²) in [5.41, 5.74) is 1.06. The number of hydrogen-bond donors (Lipinski definition) is 2. The number of nitrogens with zero attached hydrogens (tertiary/aromatic N) is 1. The van der Waals surface area contributed by atoms with E-state index in [1.165, 1.54) is 18.3 Å². The molecule has 2 aromatic rings. The Morgan fingerprint density at radius 1 is 1.25 bits per heavy atom. The Kier molecular flexibility index (Phi) is 4.47. The van der Waals surface area contributed by atoms with Gasteiger partial charge in [0.15, 0.2) is 0 Å². The lowest BCUT2D eigenvalue weighted by Crippen LogP contribution is -2.23. The standard InChI is InChI=1S/C14H11BrN2O3/c15-11-3-1-2-9(6-11)8-17-13(18)10-4-5-16-12(7-10)14(19)20/h1-7H,8H2,(H,17,18)(H,19,20). The molecule has 102 valence electrons. The second-order valence-electron chi connectivity index (χ2n) is 4.05. The van der Waals surface area contributed by atoms with Crippen LogP contribution in [-0.2, 0) is 6.54 Å². The van der Waals surface area contributed by atoms with E-state index in [9.17, 15) is 9.59 Å². The zero-order valence-electron chi connectivity index (χ0n) is 10.3. The number of aromatic nitrogens is 1. The number of benzene rings is 1. The minimum absolute atomic E-state index is 0.153. The molecule has 2 N–H and O–H groups in total. The Labute approximate surface area is 123 Å². The third-order valence-electron chi connectivity index (χ3n) is 2.58. The first-order valence-electron chi connectivity index (χ1n) is 5.78. The topological polar surface area (TPSA) is 79.3 Å². The molecule has 0 spiro atoms. The maximum absolute atomic E-state index is 11.9. The van der Waals surface area contributed by atoms with Crippen LogP contribution in [0.4, 0.5) is 0 Å². The number of carboxylic acids is 1. The Balaban J connectivity index is 2.05. The second kappa shape index (κ2) is 6.29. The molecular formula is C14H11BrN2O3. The highest BCUT2D eigenvalue weighted by molar-refractivity contribution is 9.10. The summed E-state index contributed by atoms with van der Waals surface area (Å²) in [5, 5.41) is 11.6. The van der Waals surface area contributed by atoms with Gasteiger partial charge in [0, 0.05) is 22.8 Å². The van der Waals surface area contributed by atoms with E-state index >= 15 is 0 Å². The summed E-state index contributed by atoms with van der Waals surface area (Å²) in [7, 11) is 0. The smallest absolute Gasteiger partial charge is 0.354 e. The Morgan fingerprint density at radius 2 is 2.05 bits per heavy atom. The maximum Gasteiger partial charge on any atom is 0.354 e. The Morgan fingerprint density at radius 3 is 2.75 bits per heavy atom. The maximum atomic E-state index is 11.9. The van der Waals surface area contributed by atoms with E-state index in [1.54, 1.807) is 0 Å². The second-order valence-corrected chi connectivity index (χ2v) is 4.96. The quantitative estimate of drug-likeness (QED) is 0.900. The van der Waals surface area contributed by atoms with E-state index in [0.717, 1.165) is 10.0 Å². The summed E-state index contributed by atoms with van der Waals surface area (Å²) in [6, 6.07) is 10.3. The van der Waals surface area contributed by atoms with Crippen molar-refractivity contribution in [1.29, 1.82) is 0 Å². The highest BCUT2D eigenvalue weighted by Gasteiger charge is 2.10. The third-order valence-corrected chi connectivity index (χ3v) is 3.08. The number of halogens is 1. The highest BCUT2D eigenvalue weighted by atomic mass is 79.9. The molecule has 5 nitrogen and oxygen atoms in total. The van der Waals surface area contributed by atoms with Crippen molar-refractivity contribution in [3.8, 4) is 0 Å². The third kappa shape index (κ3) is 3.64. The van der Waals surface area contributed by atoms with Gasteiger partial charge in [-0.25, -0.2) is 9.78 Å². The molecule has 6 heteroatoms. The molecular weight excluding hydrogens is 324 g/mol. The molecule has 1 heterocycles. The molecule has 0 bridgehead atoms. The molecule has 0 fully saturated rings. The largest absolute Gasteiger partial charge is 0.477 e. The molecule has 1 aromatic carbocycles. The summed E-state index contributed by atoms with van der Waals surface area (Å²) < 4.78 is 0.932. The molecule has 0 aliphatic carbocycles. The van der Waals surface area contributed by atoms with Crippen LogP contribution in [0, 0.1) is 0 Å². The van der Waals surface area contributed by atoms with Gasteiger partial charge in [0.25, 0.3) is 5.91 Å². The van der Waals surface area contributed by atoms with Gasteiger partial charge in [-0.2, -0.15) is 0 Å². The number of rotatable bonds is 4. The van der Waals surface area contributed by atoms with Gasteiger partial charge in [-0.1, -0.05) is 28.1 Å². The van der Waals surface area contributed by atoms with E-state index in [4.69, 9.17) is 5.11 Å². The van der Waals surface area contributed by atoms with Crippen molar-refractivity contribution in [2.75, 3.05) is 0 Å². The predicted molar refractivity (Wildman–Crippen MR) is 76.5 cm³/mol. The van der Waals surface area contributed by atoms with E-state index < -0.39 is 5.97 Å². The normalized spacial score (nSPS) is 10.1. The van der Waals surface area contributed by atoms with Gasteiger partial charge in [0.2, 0.25) is 0 Å². The van der Waals surface area contributed by atoms with E-state index in [-0.39, 0.29) is 17.2 Å². The molecule has 0 saturated heterocycles. The van der Waals surface area contributed by atoms with Crippen LogP contribution in [0.15, 0.2) is 47.1 Å². The van der Waals surface area contributed by atoms with Crippen molar-refractivity contribution in [3.63, 3.8) is 0 Å². The van der Waals surface area contributed by atoms with E-state index in [1.807, 2.05) is 24.3 Å². The number of aromatic carboxylic acids is 1. The SMILES string of the molecule is O=C(NCc1cccc(Br)c1)c1ccnc(C(=O)O)c1. The molecule has 20 heavy (non-hydrogen) atoms. The minimum atomic E-state index is -1.16. The van der Waals surface area contributed by atoms with Crippen LogP contribution in [0.25, 0.3) is 0 Å². The van der Waals surface area contributed by atoms with Gasteiger partial charge in [-0.05, 0) is 29.8 Å². The Hall–Kier alpha value is -2.21. The van der Waals surface area contributed by atoms with Crippen molar-refractivity contribution in [1.82, 2.24) is 10.3 Å². The molecule has 1 aromatic heterocycles. The summed E-state index contributed by atoms with van der Waals surface area (Å²) >= 11 is 3.35. The van der Waals surface area contributed by atoms with Gasteiger partial charge in [-0.3, -0.25) is 4.79 Å². The first-order chi connectivity index (χ1) is 9.56. The molecule has 2 rings (SSSR count). The van der Waals surface area contributed by atoms with Gasteiger partial charge < -0.3 is 10.4 Å². The van der Waals surface area contributed by atoms with E-state index in [2.05, 4.69) is 26.2 Å². The summed E-state index contributed by atoms with van der Waals surface area (Å²) in [5.74, 6) is -1.50. The average molecular weight is 335 g/mol. The van der Waals surface area contributed by atoms with Crippen LogP contribution in [0.1, 0.15) is 26.4 Å². The first kappa shape index (κ1) is 14.2. The van der Waals surface area contributed by atoms with Crippen LogP contribution >= 0.6 is 15.9 Å². The lowest BCUT2D eigenvalue weighted by Gasteiger charge is -2.06. The van der Waals surface area contributed by atoms with Crippen LogP contribution in [0.3, 0.4) is 0 Å². The van der Waals surface area contributed by atoms with Gasteiger partial charge >= 0.3 is 5.97 Å². The number of amides is 1. The fourth-order valence-corrected chi connectivity index (χ4v) is 2.07. The number of nitrogens with one attached hydrogen (secondary N) is 1. The number of carboxylic acid groups (broad SMARTS) is 1. The van der Waals surface area contributed by atoms with Crippen molar-refractivity contribution in [3.05, 3.63) is 63.9 Å². The van der Waals surface area contributed by atoms with E-state index in [0.29, 0.717) is 6.54 Å². The average Bonchev–Trinajstić information content (AvgIpc) is 2.45. The first-order valence-corrected chi connectivity index (χ1v) is 6.57. The minimum Gasteiger partial charge on any atom is -0.477 e. The Bertz CT molecular complexity index is 658. The lowest BCUT2D eigenvalue weighted by atomic mass is 10.2. The predicted octanol–water partition coefficient (Wildman–Crippen LogP) is 2.47. The lowest BCUT2D eigenvalue weighted by molar-refractivity contribution is 0.0690. The van der Waals surface area contributed by atoms with Gasteiger partial charge in [0.1, 0.15) is 5.69 Å². The number of hydrogen-bond acceptors (Lipinski definition) is 3. The fraction of sp³-hybridized carbons (Fsp3) is 0.0714. The summed E-state index contributed by atoms with van der Waals surface area (Å²) in [6.07, 6.45) is 1.30. The monoisotopic (exact) mass is 334 g/mol. The summed E-state index contributed by atoms with van der Waals surface area (Å²) in [6.45, 7) is 0.364. The highest BCUT2D eigenvalue weighted by Crippen LogP contribution is 2.11. The van der Waals surface area contributed by atoms with Crippen molar-refractivity contribution < 1.29 is 14.7 Å². The van der Waals surface area contributed by atoms with Crippen LogP contribution in [0.2, 0.25) is 0 Å². The molecule has 0 aliphatic heterocycles. The molecule has 0 atom stereocenters. The fourth-order valence-electron chi connectivity index (χ4n) is 1.62. The number of pyridine rings is 1. The van der Waals surface area contributed by atoms with Crippen LogP contribution in [-0.4, -0.2) is 22.0 Å². The van der Waals surface area contributed by atoms with Crippen molar-refractivity contribution >= 4 is 27.8 Å². The zero-order valence-corrected chi connectivity index (χ0v) is 11.9. The van der Waals surface area contributed by atoms with Crippen LogP contribution in [0.5, 0.6) is 0 Å².